The van der Waals surface area contributed by atoms with E-state index in [4.69, 9.17) is 5.11 Å². The van der Waals surface area contributed by atoms with Gasteiger partial charge in [0, 0.05) is 48.0 Å². The molecule has 0 saturated carbocycles. The van der Waals surface area contributed by atoms with E-state index >= 15 is 0 Å². The van der Waals surface area contributed by atoms with Crippen LogP contribution in [0.4, 0.5) is 0 Å². The van der Waals surface area contributed by atoms with Gasteiger partial charge in [0.25, 0.3) is 5.91 Å². The average Bonchev–Trinajstić information content (AvgIpc) is 3.08. The Labute approximate surface area is 172 Å². The summed E-state index contributed by atoms with van der Waals surface area (Å²) in [7, 11) is 0. The highest BCUT2D eigenvalue weighted by molar-refractivity contribution is 14.1. The molecule has 0 bridgehead atoms. The second-order valence-corrected chi connectivity index (χ2v) is 8.68. The third-order valence-corrected chi connectivity index (χ3v) is 4.93. The number of nitrogens with zero attached hydrogens (tertiary/aromatic N) is 3. The average molecular weight is 478 g/mol. The molecule has 0 radical (unpaired) electrons. The minimum atomic E-state index is -0.136. The predicted molar refractivity (Wildman–Crippen MR) is 113 cm³/mol. The molecule has 0 aliphatic carbocycles. The Morgan fingerprint density at radius 3 is 2.89 bits per heavy atom. The summed E-state index contributed by atoms with van der Waals surface area (Å²) in [5.74, 6) is 0.0741. The van der Waals surface area contributed by atoms with Crippen LogP contribution in [0, 0.1) is 0 Å². The number of carbonyl (C=O) groups is 1. The molecule has 2 N–H and O–H groups in total. The van der Waals surface area contributed by atoms with E-state index in [-0.39, 0.29) is 18.4 Å². The molecule has 3 aromatic heterocycles. The van der Waals surface area contributed by atoms with Gasteiger partial charge >= 0.3 is 0 Å². The van der Waals surface area contributed by atoms with E-state index < -0.39 is 0 Å². The summed E-state index contributed by atoms with van der Waals surface area (Å²) in [4.78, 5) is 21.5. The molecule has 6 nitrogen and oxygen atoms in total. The lowest BCUT2D eigenvalue weighted by molar-refractivity contribution is 0.0944. The maximum atomic E-state index is 12.8. The van der Waals surface area contributed by atoms with E-state index in [1.54, 1.807) is 16.7 Å². The summed E-state index contributed by atoms with van der Waals surface area (Å²) in [5, 5.41) is 12.2. The van der Waals surface area contributed by atoms with E-state index in [0.29, 0.717) is 28.2 Å². The van der Waals surface area contributed by atoms with E-state index in [0.717, 1.165) is 17.7 Å². The third-order valence-electron chi connectivity index (χ3n) is 4.42. The highest BCUT2D eigenvalue weighted by atomic mass is 127. The van der Waals surface area contributed by atoms with Gasteiger partial charge in [-0.1, -0.05) is 41.6 Å². The molecule has 0 aliphatic heterocycles. The molecule has 2 unspecified atom stereocenters. The molecule has 0 aliphatic rings. The van der Waals surface area contributed by atoms with Gasteiger partial charge in [-0.15, -0.1) is 0 Å². The van der Waals surface area contributed by atoms with Crippen LogP contribution in [0.15, 0.2) is 48.9 Å². The highest BCUT2D eigenvalue weighted by Gasteiger charge is 2.17. The van der Waals surface area contributed by atoms with Gasteiger partial charge in [-0.3, -0.25) is 14.2 Å². The summed E-state index contributed by atoms with van der Waals surface area (Å²) in [6.07, 6.45) is 6.87. The Bertz CT molecular complexity index is 895. The van der Waals surface area contributed by atoms with Crippen molar-refractivity contribution in [3.8, 4) is 0 Å². The van der Waals surface area contributed by atoms with E-state index in [1.165, 1.54) is 0 Å². The first-order valence-electron chi connectivity index (χ1n) is 8.98. The second-order valence-electron chi connectivity index (χ2n) is 6.55. The number of pyridine rings is 2. The molecule has 0 fully saturated rings. The number of carbonyl (C=O) groups excluding carboxylic acids is 1. The fourth-order valence-corrected chi connectivity index (χ4v) is 3.75. The van der Waals surface area contributed by atoms with Crippen LogP contribution < -0.4 is 5.32 Å². The van der Waals surface area contributed by atoms with Crippen molar-refractivity contribution in [2.45, 2.75) is 29.6 Å². The van der Waals surface area contributed by atoms with E-state index in [1.807, 2.05) is 30.6 Å². The molecule has 0 aromatic carbocycles. The number of aliphatic hydroxyl groups excluding tert-OH is 1. The maximum Gasteiger partial charge on any atom is 0.268 e. The summed E-state index contributed by atoms with van der Waals surface area (Å²) in [6.45, 7) is 2.75. The number of fused-ring (bicyclic) bond motifs is 1. The number of nitrogens with one attached hydrogen (secondary N) is 1. The SMILES string of the molecule is CC(I)CC(CNC(=O)c1cccc2nc(CCO)cn12)c1cccnc1. The van der Waals surface area contributed by atoms with Gasteiger partial charge in [0.15, 0.2) is 0 Å². The van der Waals surface area contributed by atoms with E-state index in [9.17, 15) is 4.79 Å². The van der Waals surface area contributed by atoms with Gasteiger partial charge in [-0.2, -0.15) is 0 Å². The van der Waals surface area contributed by atoms with Crippen LogP contribution in [0.5, 0.6) is 0 Å². The predicted octanol–water partition coefficient (Wildman–Crippen LogP) is 2.99. The van der Waals surface area contributed by atoms with Crippen LogP contribution in [-0.4, -0.2) is 42.5 Å². The minimum absolute atomic E-state index is 0.0344. The molecule has 3 aromatic rings. The lowest BCUT2D eigenvalue weighted by Crippen LogP contribution is -2.30. The zero-order valence-electron chi connectivity index (χ0n) is 15.2. The van der Waals surface area contributed by atoms with Gasteiger partial charge in [0.05, 0.1) is 5.69 Å². The lowest BCUT2D eigenvalue weighted by atomic mass is 9.96. The zero-order valence-corrected chi connectivity index (χ0v) is 17.3. The normalized spacial score (nSPS) is 13.4. The first kappa shape index (κ1) is 19.8. The van der Waals surface area contributed by atoms with E-state index in [2.05, 4.69) is 50.9 Å². The largest absolute Gasteiger partial charge is 0.396 e. The van der Waals surface area contributed by atoms with Crippen molar-refractivity contribution in [2.75, 3.05) is 13.2 Å². The first-order chi connectivity index (χ1) is 13.1. The Morgan fingerprint density at radius 1 is 1.33 bits per heavy atom. The van der Waals surface area contributed by atoms with Crippen molar-refractivity contribution in [3.63, 3.8) is 0 Å². The number of hydrogen-bond acceptors (Lipinski definition) is 4. The van der Waals surface area contributed by atoms with Crippen LogP contribution >= 0.6 is 22.6 Å². The monoisotopic (exact) mass is 478 g/mol. The Balaban J connectivity index is 1.77. The van der Waals surface area contributed by atoms with Crippen LogP contribution in [0.2, 0.25) is 0 Å². The number of aliphatic hydroxyl groups is 1. The zero-order chi connectivity index (χ0) is 19.2. The molecule has 1 amide bonds. The first-order valence-corrected chi connectivity index (χ1v) is 10.2. The van der Waals surface area contributed by atoms with Gasteiger partial charge in [0.1, 0.15) is 11.3 Å². The highest BCUT2D eigenvalue weighted by Crippen LogP contribution is 2.23. The Hall–Kier alpha value is -2.00. The Morgan fingerprint density at radius 2 is 2.19 bits per heavy atom. The van der Waals surface area contributed by atoms with Crippen LogP contribution in [0.1, 0.15) is 41.0 Å². The molecular formula is C20H23IN4O2. The van der Waals surface area contributed by atoms with Gasteiger partial charge in [-0.05, 0) is 30.2 Å². The molecule has 27 heavy (non-hydrogen) atoms. The Kier molecular flexibility index (Phi) is 6.78. The number of amides is 1. The topological polar surface area (TPSA) is 79.5 Å². The molecular weight excluding hydrogens is 455 g/mol. The number of aromatic nitrogens is 3. The van der Waals surface area contributed by atoms with Crippen LogP contribution in [-0.2, 0) is 6.42 Å². The van der Waals surface area contributed by atoms with Gasteiger partial charge in [-0.25, -0.2) is 4.98 Å². The fraction of sp³-hybridized carbons (Fsp3) is 0.350. The van der Waals surface area contributed by atoms with Crippen molar-refractivity contribution in [3.05, 3.63) is 65.9 Å². The van der Waals surface area contributed by atoms with Crippen molar-refractivity contribution < 1.29 is 9.90 Å². The number of imidazole rings is 1. The van der Waals surface area contributed by atoms with Crippen molar-refractivity contribution in [1.29, 1.82) is 0 Å². The van der Waals surface area contributed by atoms with Crippen LogP contribution in [0.3, 0.4) is 0 Å². The smallest absolute Gasteiger partial charge is 0.268 e. The maximum absolute atomic E-state index is 12.8. The van der Waals surface area contributed by atoms with Crippen LogP contribution in [0.25, 0.3) is 5.65 Å². The van der Waals surface area contributed by atoms with Crippen molar-refractivity contribution >= 4 is 34.1 Å². The fourth-order valence-electron chi connectivity index (χ4n) is 3.13. The minimum Gasteiger partial charge on any atom is -0.396 e. The number of alkyl halides is 1. The van der Waals surface area contributed by atoms with Crippen molar-refractivity contribution in [1.82, 2.24) is 19.7 Å². The molecule has 3 heterocycles. The molecule has 0 spiro atoms. The molecule has 7 heteroatoms. The summed E-state index contributed by atoms with van der Waals surface area (Å²) < 4.78 is 2.27. The second kappa shape index (κ2) is 9.27. The quantitative estimate of drug-likeness (QED) is 0.386. The lowest BCUT2D eigenvalue weighted by Gasteiger charge is -2.19. The molecule has 3 rings (SSSR count). The summed E-state index contributed by atoms with van der Waals surface area (Å²) >= 11 is 2.41. The molecule has 142 valence electrons. The molecule has 2 atom stereocenters. The third kappa shape index (κ3) is 5.04. The number of hydrogen-bond donors (Lipinski definition) is 2. The number of halogens is 1. The molecule has 0 saturated heterocycles. The summed E-state index contributed by atoms with van der Waals surface area (Å²) in [5.41, 5.74) is 3.14. The van der Waals surface area contributed by atoms with Gasteiger partial charge in [0.2, 0.25) is 0 Å². The standard InChI is InChI=1S/C20H23IN4O2/c1-14(21)10-16(15-4-3-8-22-11-15)12-23-20(27)18-5-2-6-19-24-17(7-9-26)13-25(18)19/h2-6,8,11,13-14,16,26H,7,9-10,12H2,1H3,(H,23,27). The summed E-state index contributed by atoms with van der Waals surface area (Å²) in [6, 6.07) is 9.45. The van der Waals surface area contributed by atoms with Crippen molar-refractivity contribution in [2.24, 2.45) is 0 Å². The number of rotatable bonds is 8. The van der Waals surface area contributed by atoms with Gasteiger partial charge < -0.3 is 10.4 Å².